The Morgan fingerprint density at radius 3 is 2.85 bits per heavy atom. The van der Waals surface area contributed by atoms with Crippen LogP contribution in [0, 0.1) is 5.92 Å². The van der Waals surface area contributed by atoms with Gasteiger partial charge in [-0.05, 0) is 43.1 Å². The number of hydrogen-bond donors (Lipinski definition) is 2. The standard InChI is InChI=1S/C16H26N2OS/c1-13(2)18-16(12-19)8-3-4-14(16)7-11-20-15-5-9-17-10-6-15/h5-6,9-10,13-14,18-19H,3-4,7-8,11-12H2,1-2H3. The van der Waals surface area contributed by atoms with Crippen LogP contribution >= 0.6 is 11.8 Å². The van der Waals surface area contributed by atoms with Gasteiger partial charge in [-0.15, -0.1) is 11.8 Å². The Morgan fingerprint density at radius 1 is 1.45 bits per heavy atom. The Kier molecular flexibility index (Phi) is 5.87. The Bertz CT molecular complexity index is 399. The molecule has 4 heteroatoms. The number of rotatable bonds is 7. The zero-order valence-electron chi connectivity index (χ0n) is 12.5. The predicted molar refractivity (Wildman–Crippen MR) is 85.0 cm³/mol. The van der Waals surface area contributed by atoms with Crippen LogP contribution < -0.4 is 5.32 Å². The van der Waals surface area contributed by atoms with E-state index in [9.17, 15) is 5.11 Å². The third-order valence-corrected chi connectivity index (χ3v) is 5.25. The van der Waals surface area contributed by atoms with E-state index < -0.39 is 0 Å². The molecule has 112 valence electrons. The van der Waals surface area contributed by atoms with E-state index >= 15 is 0 Å². The maximum atomic E-state index is 9.87. The van der Waals surface area contributed by atoms with Crippen molar-refractivity contribution in [2.45, 2.75) is 56.0 Å². The summed E-state index contributed by atoms with van der Waals surface area (Å²) in [7, 11) is 0. The van der Waals surface area contributed by atoms with E-state index in [2.05, 4.69) is 36.3 Å². The van der Waals surface area contributed by atoms with E-state index in [1.165, 1.54) is 17.7 Å². The van der Waals surface area contributed by atoms with Gasteiger partial charge in [0.1, 0.15) is 0 Å². The van der Waals surface area contributed by atoms with Crippen molar-refractivity contribution in [2.24, 2.45) is 5.92 Å². The molecule has 0 saturated heterocycles. The normalized spacial score (nSPS) is 26.3. The maximum absolute atomic E-state index is 9.87. The fourth-order valence-electron chi connectivity index (χ4n) is 3.34. The van der Waals surface area contributed by atoms with Crippen molar-refractivity contribution in [3.05, 3.63) is 24.5 Å². The van der Waals surface area contributed by atoms with Gasteiger partial charge < -0.3 is 10.4 Å². The molecule has 2 unspecified atom stereocenters. The van der Waals surface area contributed by atoms with E-state index in [-0.39, 0.29) is 12.1 Å². The van der Waals surface area contributed by atoms with Crippen LogP contribution in [0.1, 0.15) is 39.5 Å². The predicted octanol–water partition coefficient (Wildman–Crippen LogP) is 3.09. The van der Waals surface area contributed by atoms with Crippen molar-refractivity contribution in [1.29, 1.82) is 0 Å². The summed E-state index contributed by atoms with van der Waals surface area (Å²) < 4.78 is 0. The van der Waals surface area contributed by atoms with Crippen LogP contribution in [0.3, 0.4) is 0 Å². The van der Waals surface area contributed by atoms with Gasteiger partial charge in [-0.3, -0.25) is 4.98 Å². The lowest BCUT2D eigenvalue weighted by molar-refractivity contribution is 0.113. The lowest BCUT2D eigenvalue weighted by Gasteiger charge is -2.37. The summed E-state index contributed by atoms with van der Waals surface area (Å²) in [5.74, 6) is 1.69. The molecule has 3 nitrogen and oxygen atoms in total. The van der Waals surface area contributed by atoms with Crippen LogP contribution in [0.15, 0.2) is 29.4 Å². The highest BCUT2D eigenvalue weighted by molar-refractivity contribution is 7.99. The SMILES string of the molecule is CC(C)NC1(CO)CCCC1CCSc1ccncc1. The molecular weight excluding hydrogens is 268 g/mol. The molecule has 2 N–H and O–H groups in total. The molecule has 1 saturated carbocycles. The van der Waals surface area contributed by atoms with Gasteiger partial charge >= 0.3 is 0 Å². The molecular formula is C16H26N2OS. The topological polar surface area (TPSA) is 45.1 Å². The summed E-state index contributed by atoms with van der Waals surface area (Å²) in [6.07, 6.45) is 8.41. The molecule has 0 bridgehead atoms. The van der Waals surface area contributed by atoms with Gasteiger partial charge in [0.05, 0.1) is 6.61 Å². The van der Waals surface area contributed by atoms with Crippen molar-refractivity contribution in [3.63, 3.8) is 0 Å². The average Bonchev–Trinajstić information content (AvgIpc) is 2.83. The monoisotopic (exact) mass is 294 g/mol. The van der Waals surface area contributed by atoms with Gasteiger partial charge in [0.2, 0.25) is 0 Å². The number of aromatic nitrogens is 1. The number of aliphatic hydroxyl groups is 1. The van der Waals surface area contributed by atoms with Crippen LogP contribution in [0.4, 0.5) is 0 Å². The molecule has 1 aliphatic rings. The van der Waals surface area contributed by atoms with Gasteiger partial charge in [0.25, 0.3) is 0 Å². The second-order valence-electron chi connectivity index (χ2n) is 6.02. The quantitative estimate of drug-likeness (QED) is 0.759. The smallest absolute Gasteiger partial charge is 0.0616 e. The van der Waals surface area contributed by atoms with E-state index in [0.717, 1.165) is 18.6 Å². The van der Waals surface area contributed by atoms with Gasteiger partial charge in [-0.1, -0.05) is 20.3 Å². The molecule has 0 amide bonds. The average molecular weight is 294 g/mol. The second-order valence-corrected chi connectivity index (χ2v) is 7.19. The first-order valence-corrected chi connectivity index (χ1v) is 8.56. The Labute approximate surface area is 126 Å². The molecule has 0 aliphatic heterocycles. The summed E-state index contributed by atoms with van der Waals surface area (Å²) >= 11 is 1.89. The van der Waals surface area contributed by atoms with E-state index in [1.54, 1.807) is 0 Å². The zero-order chi connectivity index (χ0) is 14.4. The highest BCUT2D eigenvalue weighted by atomic mass is 32.2. The minimum atomic E-state index is -0.0486. The molecule has 0 aromatic carbocycles. The molecule has 0 radical (unpaired) electrons. The number of aliphatic hydroxyl groups excluding tert-OH is 1. The molecule has 2 rings (SSSR count). The zero-order valence-corrected chi connectivity index (χ0v) is 13.3. The van der Waals surface area contributed by atoms with Crippen molar-refractivity contribution in [3.8, 4) is 0 Å². The lowest BCUT2D eigenvalue weighted by Crippen LogP contribution is -2.54. The minimum absolute atomic E-state index is 0.0486. The molecule has 1 heterocycles. The van der Waals surface area contributed by atoms with Crippen LogP contribution in [0.2, 0.25) is 0 Å². The molecule has 1 aromatic rings. The molecule has 0 spiro atoms. The van der Waals surface area contributed by atoms with Crippen molar-refractivity contribution in [2.75, 3.05) is 12.4 Å². The summed E-state index contributed by atoms with van der Waals surface area (Å²) in [6.45, 7) is 4.59. The number of nitrogens with zero attached hydrogens (tertiary/aromatic N) is 1. The third-order valence-electron chi connectivity index (χ3n) is 4.20. The number of pyridine rings is 1. The van der Waals surface area contributed by atoms with E-state index in [4.69, 9.17) is 0 Å². The summed E-state index contributed by atoms with van der Waals surface area (Å²) in [5, 5.41) is 13.5. The Balaban J connectivity index is 1.87. The maximum Gasteiger partial charge on any atom is 0.0616 e. The molecule has 1 aromatic heterocycles. The number of nitrogens with one attached hydrogen (secondary N) is 1. The first kappa shape index (κ1) is 15.8. The summed E-state index contributed by atoms with van der Waals surface area (Å²) in [4.78, 5) is 5.33. The van der Waals surface area contributed by atoms with Gasteiger partial charge in [-0.25, -0.2) is 0 Å². The van der Waals surface area contributed by atoms with Crippen LogP contribution in [0.25, 0.3) is 0 Å². The number of hydrogen-bond acceptors (Lipinski definition) is 4. The van der Waals surface area contributed by atoms with Crippen LogP contribution in [-0.2, 0) is 0 Å². The van der Waals surface area contributed by atoms with Gasteiger partial charge in [0, 0.05) is 28.9 Å². The van der Waals surface area contributed by atoms with Crippen molar-refractivity contribution >= 4 is 11.8 Å². The van der Waals surface area contributed by atoms with Gasteiger partial charge in [-0.2, -0.15) is 0 Å². The minimum Gasteiger partial charge on any atom is -0.394 e. The molecule has 1 aliphatic carbocycles. The fourth-order valence-corrected chi connectivity index (χ4v) is 4.29. The fraction of sp³-hybridized carbons (Fsp3) is 0.688. The lowest BCUT2D eigenvalue weighted by atomic mass is 9.85. The summed E-state index contributed by atoms with van der Waals surface area (Å²) in [5.41, 5.74) is -0.0486. The van der Waals surface area contributed by atoms with E-state index in [1.807, 2.05) is 24.2 Å². The van der Waals surface area contributed by atoms with Crippen molar-refractivity contribution in [1.82, 2.24) is 10.3 Å². The van der Waals surface area contributed by atoms with E-state index in [0.29, 0.717) is 12.0 Å². The highest BCUT2D eigenvalue weighted by Gasteiger charge is 2.41. The molecule has 1 fully saturated rings. The van der Waals surface area contributed by atoms with Crippen LogP contribution in [-0.4, -0.2) is 34.0 Å². The first-order chi connectivity index (χ1) is 9.66. The largest absolute Gasteiger partial charge is 0.394 e. The molecule has 20 heavy (non-hydrogen) atoms. The highest BCUT2D eigenvalue weighted by Crippen LogP contribution is 2.39. The first-order valence-electron chi connectivity index (χ1n) is 7.58. The van der Waals surface area contributed by atoms with Crippen LogP contribution in [0.5, 0.6) is 0 Å². The van der Waals surface area contributed by atoms with Gasteiger partial charge in [0.15, 0.2) is 0 Å². The third kappa shape index (κ3) is 3.96. The second kappa shape index (κ2) is 7.43. The Morgan fingerprint density at radius 2 is 2.20 bits per heavy atom. The van der Waals surface area contributed by atoms with Crippen molar-refractivity contribution < 1.29 is 5.11 Å². The summed E-state index contributed by atoms with van der Waals surface area (Å²) in [6, 6.07) is 4.55. The number of thioether (sulfide) groups is 1. The Hall–Kier alpha value is -0.580. The molecule has 2 atom stereocenters.